The number of carbonyl (C=O) groups excluding carboxylic acids is 1. The summed E-state index contributed by atoms with van der Waals surface area (Å²) in [6, 6.07) is 6.70. The third kappa shape index (κ3) is 3.64. The Morgan fingerprint density at radius 1 is 0.971 bits per heavy atom. The minimum absolute atomic E-state index is 0.309. The number of benzene rings is 3. The van der Waals surface area contributed by atoms with E-state index in [1.54, 1.807) is 0 Å². The molecule has 5 nitrogen and oxygen atoms in total. The number of ether oxygens (including phenoxy) is 2. The normalized spacial score (nSPS) is 14.6. The number of nitrogens with zero attached hydrogens (tertiary/aromatic N) is 1. The molecule has 34 heavy (non-hydrogen) atoms. The van der Waals surface area contributed by atoms with E-state index in [1.165, 1.54) is 31.4 Å². The molecule has 0 saturated heterocycles. The third-order valence-corrected chi connectivity index (χ3v) is 5.08. The molecule has 0 radical (unpaired) electrons. The van der Waals surface area contributed by atoms with Crippen LogP contribution in [-0.2, 0) is 11.3 Å². The maximum atomic E-state index is 14.7. The van der Waals surface area contributed by atoms with Crippen molar-refractivity contribution in [3.05, 3.63) is 71.0 Å². The van der Waals surface area contributed by atoms with Crippen LogP contribution in [0.4, 0.5) is 36.4 Å². The van der Waals surface area contributed by atoms with E-state index in [0.717, 1.165) is 0 Å². The molecule has 3 aromatic rings. The predicted octanol–water partition coefficient (Wildman–Crippen LogP) is 5.28. The Morgan fingerprint density at radius 3 is 2.24 bits per heavy atom. The summed E-state index contributed by atoms with van der Waals surface area (Å²) in [5, 5.41) is 9.41. The van der Waals surface area contributed by atoms with Crippen LogP contribution in [0.5, 0.6) is 17.2 Å². The van der Waals surface area contributed by atoms with Crippen molar-refractivity contribution in [1.29, 1.82) is 0 Å². The first-order chi connectivity index (χ1) is 16.0. The van der Waals surface area contributed by atoms with E-state index in [4.69, 9.17) is 4.74 Å². The summed E-state index contributed by atoms with van der Waals surface area (Å²) in [5.74, 6) is -14.5. The van der Waals surface area contributed by atoms with Crippen LogP contribution >= 0.6 is 0 Å². The minimum atomic E-state index is -4.40. The lowest BCUT2D eigenvalue weighted by molar-refractivity contribution is -0.193. The van der Waals surface area contributed by atoms with Gasteiger partial charge in [-0.2, -0.15) is 13.2 Å². The van der Waals surface area contributed by atoms with Crippen molar-refractivity contribution in [2.75, 3.05) is 12.0 Å². The van der Waals surface area contributed by atoms with E-state index in [-0.39, 0.29) is 0 Å². The number of halogens is 7. The van der Waals surface area contributed by atoms with Crippen molar-refractivity contribution in [1.82, 2.24) is 0 Å². The Morgan fingerprint density at radius 2 is 1.62 bits per heavy atom. The lowest BCUT2D eigenvalue weighted by atomic mass is 10.00. The number of aromatic hydroxyl groups is 1. The molecule has 4 rings (SSSR count). The maximum absolute atomic E-state index is 14.7. The Labute approximate surface area is 186 Å². The van der Waals surface area contributed by atoms with Crippen molar-refractivity contribution in [2.45, 2.75) is 12.7 Å². The van der Waals surface area contributed by atoms with Gasteiger partial charge in [0.25, 0.3) is 0 Å². The lowest BCUT2D eigenvalue weighted by Gasteiger charge is -2.34. The van der Waals surface area contributed by atoms with E-state index < -0.39 is 76.0 Å². The van der Waals surface area contributed by atoms with Crippen LogP contribution in [0.25, 0.3) is 11.1 Å². The molecule has 1 N–H and O–H groups in total. The highest BCUT2D eigenvalue weighted by molar-refractivity contribution is 6.01. The molecule has 178 valence electrons. The van der Waals surface area contributed by atoms with Crippen molar-refractivity contribution in [2.24, 2.45) is 0 Å². The van der Waals surface area contributed by atoms with Crippen molar-refractivity contribution in [3.63, 3.8) is 0 Å². The van der Waals surface area contributed by atoms with Gasteiger partial charge in [0, 0.05) is 11.6 Å². The summed E-state index contributed by atoms with van der Waals surface area (Å²) in [6.45, 7) is -0.506. The standard InChI is InChI=1S/C22H12F7NO4/c1-33-10-4-2-9(3-5-10)8-30-13-6-11(12(23)7-14(13)34-22(28,29)21(30)32)15-16(24)18(26)19(27)20(31)17(15)25/h2-7,31H,8H2,1H3. The molecule has 0 fully saturated rings. The van der Waals surface area contributed by atoms with Gasteiger partial charge in [0.1, 0.15) is 11.6 Å². The summed E-state index contributed by atoms with van der Waals surface area (Å²) in [4.78, 5) is 12.9. The van der Waals surface area contributed by atoms with Gasteiger partial charge in [-0.15, -0.1) is 0 Å². The highest BCUT2D eigenvalue weighted by atomic mass is 19.3. The smallest absolute Gasteiger partial charge is 0.482 e. The number of hydrogen-bond donors (Lipinski definition) is 1. The van der Waals surface area contributed by atoms with Gasteiger partial charge in [-0.1, -0.05) is 12.1 Å². The number of carbonyl (C=O) groups is 1. The zero-order valence-corrected chi connectivity index (χ0v) is 16.9. The molecular weight excluding hydrogens is 475 g/mol. The molecule has 0 spiro atoms. The fraction of sp³-hybridized carbons (Fsp3) is 0.136. The summed E-state index contributed by atoms with van der Waals surface area (Å²) < 4.78 is 108. The molecule has 12 heteroatoms. The molecule has 1 aliphatic rings. The average Bonchev–Trinajstić information content (AvgIpc) is 2.80. The second-order valence-corrected chi connectivity index (χ2v) is 7.14. The second-order valence-electron chi connectivity index (χ2n) is 7.14. The summed E-state index contributed by atoms with van der Waals surface area (Å²) in [5.41, 5.74) is -2.81. The van der Waals surface area contributed by atoms with Gasteiger partial charge in [-0.25, -0.2) is 17.6 Å². The Balaban J connectivity index is 1.89. The molecule has 1 aliphatic heterocycles. The predicted molar refractivity (Wildman–Crippen MR) is 103 cm³/mol. The summed E-state index contributed by atoms with van der Waals surface area (Å²) >= 11 is 0. The van der Waals surface area contributed by atoms with E-state index in [0.29, 0.717) is 28.3 Å². The Kier molecular flexibility index (Phi) is 5.54. The highest BCUT2D eigenvalue weighted by Gasteiger charge is 2.51. The van der Waals surface area contributed by atoms with Gasteiger partial charge in [0.2, 0.25) is 5.82 Å². The molecule has 0 saturated carbocycles. The van der Waals surface area contributed by atoms with Gasteiger partial charge in [-0.05, 0) is 23.8 Å². The molecule has 0 aliphatic carbocycles. The SMILES string of the molecule is COc1ccc(CN2C(=O)C(F)(F)Oc3cc(F)c(-c4c(F)c(O)c(F)c(F)c4F)cc32)cc1. The number of fused-ring (bicyclic) bond motifs is 1. The van der Waals surface area contributed by atoms with Crippen molar-refractivity contribution >= 4 is 11.6 Å². The molecule has 1 heterocycles. The van der Waals surface area contributed by atoms with Gasteiger partial charge >= 0.3 is 12.0 Å². The maximum Gasteiger partial charge on any atom is 0.482 e. The van der Waals surface area contributed by atoms with Crippen LogP contribution in [0, 0.1) is 29.1 Å². The van der Waals surface area contributed by atoms with Crippen LogP contribution < -0.4 is 14.4 Å². The third-order valence-electron chi connectivity index (χ3n) is 5.08. The Bertz CT molecular complexity index is 1280. The number of anilines is 1. The highest BCUT2D eigenvalue weighted by Crippen LogP contribution is 2.45. The first-order valence-electron chi connectivity index (χ1n) is 9.36. The number of hydrogen-bond acceptors (Lipinski definition) is 4. The number of alkyl halides is 2. The number of methoxy groups -OCH3 is 1. The van der Waals surface area contributed by atoms with Crippen LogP contribution in [0.2, 0.25) is 0 Å². The van der Waals surface area contributed by atoms with Crippen LogP contribution in [-0.4, -0.2) is 24.2 Å². The molecule has 0 atom stereocenters. The number of phenolic OH excluding ortho intramolecular Hbond substituents is 1. The topological polar surface area (TPSA) is 59.0 Å². The zero-order chi connectivity index (χ0) is 24.9. The van der Waals surface area contributed by atoms with Crippen LogP contribution in [0.1, 0.15) is 5.56 Å². The van der Waals surface area contributed by atoms with E-state index in [2.05, 4.69) is 4.74 Å². The fourth-order valence-corrected chi connectivity index (χ4v) is 3.40. The molecule has 3 aromatic carbocycles. The second kappa shape index (κ2) is 8.12. The van der Waals surface area contributed by atoms with Crippen LogP contribution in [0.15, 0.2) is 36.4 Å². The molecular formula is C22H12F7NO4. The van der Waals surface area contributed by atoms with Gasteiger partial charge < -0.3 is 14.6 Å². The molecule has 0 aromatic heterocycles. The molecule has 0 unspecified atom stereocenters. The monoisotopic (exact) mass is 487 g/mol. The largest absolute Gasteiger partial charge is 0.503 e. The van der Waals surface area contributed by atoms with E-state index >= 15 is 0 Å². The van der Waals surface area contributed by atoms with E-state index in [1.807, 2.05) is 0 Å². The molecule has 0 bridgehead atoms. The summed E-state index contributed by atoms with van der Waals surface area (Å²) in [6.07, 6.45) is -4.40. The average molecular weight is 487 g/mol. The van der Waals surface area contributed by atoms with Crippen molar-refractivity contribution < 1.29 is 50.1 Å². The van der Waals surface area contributed by atoms with Gasteiger partial charge in [-0.3, -0.25) is 9.69 Å². The summed E-state index contributed by atoms with van der Waals surface area (Å²) in [7, 11) is 1.39. The Hall–Kier alpha value is -3.96. The van der Waals surface area contributed by atoms with Crippen molar-refractivity contribution in [3.8, 4) is 28.4 Å². The van der Waals surface area contributed by atoms with Gasteiger partial charge in [0.15, 0.2) is 29.0 Å². The number of phenols is 1. The zero-order valence-electron chi connectivity index (χ0n) is 16.9. The van der Waals surface area contributed by atoms with E-state index in [9.17, 15) is 40.6 Å². The first-order valence-corrected chi connectivity index (χ1v) is 9.36. The lowest BCUT2D eigenvalue weighted by Crippen LogP contribution is -2.50. The fourth-order valence-electron chi connectivity index (χ4n) is 3.40. The minimum Gasteiger partial charge on any atom is -0.503 e. The first kappa shape index (κ1) is 23.2. The quantitative estimate of drug-likeness (QED) is 0.309. The number of rotatable bonds is 4. The van der Waals surface area contributed by atoms with Crippen LogP contribution in [0.3, 0.4) is 0 Å². The number of amides is 1. The molecule has 1 amide bonds. The van der Waals surface area contributed by atoms with Gasteiger partial charge in [0.05, 0.1) is 24.9 Å².